The molecular weight excluding hydrogens is 576 g/mol. The summed E-state index contributed by atoms with van der Waals surface area (Å²) >= 11 is 0. The fourth-order valence-electron chi connectivity index (χ4n) is 10.6. The number of carboxylic acids is 1. The number of allylic oxidation sites excluding steroid dienone is 3. The molecule has 45 heavy (non-hydrogen) atoms. The first-order valence-corrected chi connectivity index (χ1v) is 17.0. The van der Waals surface area contributed by atoms with Gasteiger partial charge in [0.2, 0.25) is 0 Å². The molecule has 0 radical (unpaired) electrons. The zero-order chi connectivity index (χ0) is 33.3. The van der Waals surface area contributed by atoms with Crippen LogP contribution in [0, 0.1) is 39.4 Å². The summed E-state index contributed by atoms with van der Waals surface area (Å²) in [6.45, 7) is 14.4. The van der Waals surface area contributed by atoms with E-state index >= 15 is 0 Å². The van der Waals surface area contributed by atoms with Crippen LogP contribution in [0.4, 0.5) is 0 Å². The SMILES string of the molecule is CC(C)=CCC[C@@H](C(=O)O)[C@H]1CC[C@@]2(C)C3=C(CC[C@]12C)[C@@]1(C)CCC(=O)C(C)(C)C1C[C@H]3OC1OC(CO)C(O)C(O)C1O. The van der Waals surface area contributed by atoms with Gasteiger partial charge in [0.1, 0.15) is 30.2 Å². The summed E-state index contributed by atoms with van der Waals surface area (Å²) in [5.41, 5.74) is 2.08. The molecular formula is C36H56O9. The van der Waals surface area contributed by atoms with Gasteiger partial charge in [0.25, 0.3) is 0 Å². The number of carboxylic acid groups (broad SMARTS) is 1. The maximum absolute atomic E-state index is 13.3. The number of Topliss-reactive ketones (excluding diaryl/α,β-unsaturated/α-hetero) is 1. The van der Waals surface area contributed by atoms with E-state index in [1.807, 2.05) is 27.7 Å². The fourth-order valence-corrected chi connectivity index (χ4v) is 10.6. The molecule has 1 aliphatic heterocycles. The van der Waals surface area contributed by atoms with Gasteiger partial charge >= 0.3 is 5.97 Å². The van der Waals surface area contributed by atoms with Crippen molar-refractivity contribution in [3.05, 3.63) is 22.8 Å². The van der Waals surface area contributed by atoms with Gasteiger partial charge in [-0.25, -0.2) is 0 Å². The zero-order valence-corrected chi connectivity index (χ0v) is 28.2. The highest BCUT2D eigenvalue weighted by atomic mass is 16.7. The number of carbonyl (C=O) groups excluding carboxylic acids is 1. The lowest BCUT2D eigenvalue weighted by Crippen LogP contribution is -2.61. The van der Waals surface area contributed by atoms with Crippen LogP contribution < -0.4 is 0 Å². The van der Waals surface area contributed by atoms with Crippen molar-refractivity contribution in [1.29, 1.82) is 0 Å². The summed E-state index contributed by atoms with van der Waals surface area (Å²) in [6.07, 6.45) is 0.898. The summed E-state index contributed by atoms with van der Waals surface area (Å²) in [6, 6.07) is 0. The van der Waals surface area contributed by atoms with Crippen molar-refractivity contribution in [2.45, 2.75) is 143 Å². The fraction of sp³-hybridized carbons (Fsp3) is 0.833. The predicted molar refractivity (Wildman–Crippen MR) is 168 cm³/mol. The Hall–Kier alpha value is -1.62. The van der Waals surface area contributed by atoms with Crippen molar-refractivity contribution in [3.63, 3.8) is 0 Å². The zero-order valence-electron chi connectivity index (χ0n) is 28.2. The van der Waals surface area contributed by atoms with Crippen LogP contribution in [0.25, 0.3) is 0 Å². The third kappa shape index (κ3) is 5.38. The summed E-state index contributed by atoms with van der Waals surface area (Å²) in [7, 11) is 0. The van der Waals surface area contributed by atoms with Crippen LogP contribution in [0.1, 0.15) is 106 Å². The van der Waals surface area contributed by atoms with Gasteiger partial charge in [-0.3, -0.25) is 9.59 Å². The Bertz CT molecular complexity index is 1230. The number of hydrogen-bond acceptors (Lipinski definition) is 8. The number of carbonyl (C=O) groups is 2. The second-order valence-corrected chi connectivity index (χ2v) is 16.3. The van der Waals surface area contributed by atoms with Crippen molar-refractivity contribution in [1.82, 2.24) is 0 Å². The van der Waals surface area contributed by atoms with E-state index in [9.17, 15) is 35.1 Å². The minimum Gasteiger partial charge on any atom is -0.481 e. The van der Waals surface area contributed by atoms with Crippen LogP contribution in [0.15, 0.2) is 22.8 Å². The standard InChI is InChI=1S/C36H56O9/c1-19(2)9-8-10-20(31(42)43)21-11-16-36(7)27-22(12-15-35(21,36)6)34(5)14-13-26(38)33(3,4)25(34)17-23(27)44-32-30(41)29(40)28(39)24(18-37)45-32/h9,20-21,23-25,28-30,32,37,39-41H,8,10-18H2,1-7H3,(H,42,43)/t20-,21-,23-,24?,25?,28?,29?,30?,32?,34-,35-,36+/m1/s1. The number of ether oxygens (including phenoxy) is 2. The van der Waals surface area contributed by atoms with Gasteiger partial charge in [0.15, 0.2) is 6.29 Å². The highest BCUT2D eigenvalue weighted by Gasteiger charge is 2.66. The van der Waals surface area contributed by atoms with E-state index in [0.717, 1.165) is 44.1 Å². The number of aliphatic carboxylic acids is 1. The number of aliphatic hydroxyl groups is 4. The van der Waals surface area contributed by atoms with Gasteiger partial charge in [-0.15, -0.1) is 0 Å². The average molecular weight is 633 g/mol. The number of ketones is 1. The molecule has 9 heteroatoms. The first-order valence-electron chi connectivity index (χ1n) is 17.0. The Labute approximate surface area is 268 Å². The van der Waals surface area contributed by atoms with E-state index in [2.05, 4.69) is 26.8 Å². The normalized spacial score (nSPS) is 44.9. The van der Waals surface area contributed by atoms with Crippen LogP contribution in [-0.4, -0.2) is 80.7 Å². The topological polar surface area (TPSA) is 154 Å². The van der Waals surface area contributed by atoms with Crippen molar-refractivity contribution in [2.75, 3.05) is 6.61 Å². The summed E-state index contributed by atoms with van der Waals surface area (Å²) in [5.74, 6) is -1.04. The van der Waals surface area contributed by atoms with Gasteiger partial charge in [0, 0.05) is 11.8 Å². The lowest BCUT2D eigenvalue weighted by atomic mass is 9.43. The molecule has 3 fully saturated rings. The maximum Gasteiger partial charge on any atom is 0.306 e. The van der Waals surface area contributed by atoms with Crippen LogP contribution >= 0.6 is 0 Å². The van der Waals surface area contributed by atoms with Gasteiger partial charge in [-0.05, 0) is 98.9 Å². The quantitative estimate of drug-likeness (QED) is 0.243. The molecule has 1 heterocycles. The summed E-state index contributed by atoms with van der Waals surface area (Å²) < 4.78 is 12.6. The van der Waals surface area contributed by atoms with Crippen LogP contribution in [0.2, 0.25) is 0 Å². The second kappa shape index (κ2) is 12.1. The first kappa shape index (κ1) is 34.7. The molecule has 2 saturated carbocycles. The molecule has 0 aromatic rings. The molecule has 5 aliphatic rings. The van der Waals surface area contributed by atoms with Gasteiger partial charge < -0.3 is 35.0 Å². The van der Waals surface area contributed by atoms with Crippen LogP contribution in [0.3, 0.4) is 0 Å². The number of aliphatic hydroxyl groups excluding tert-OH is 4. The highest BCUT2D eigenvalue weighted by Crippen LogP contribution is 2.72. The molecule has 9 nitrogen and oxygen atoms in total. The molecule has 6 unspecified atom stereocenters. The van der Waals surface area contributed by atoms with Gasteiger partial charge in [-0.2, -0.15) is 0 Å². The van der Waals surface area contributed by atoms with E-state index in [4.69, 9.17) is 9.47 Å². The predicted octanol–water partition coefficient (Wildman–Crippen LogP) is 4.55. The Morgan fingerprint density at radius 1 is 1.02 bits per heavy atom. The number of fused-ring (bicyclic) bond motifs is 4. The largest absolute Gasteiger partial charge is 0.481 e. The molecule has 0 amide bonds. The van der Waals surface area contributed by atoms with E-state index < -0.39 is 66.1 Å². The molecule has 4 aliphatic carbocycles. The monoisotopic (exact) mass is 632 g/mol. The van der Waals surface area contributed by atoms with Crippen LogP contribution in [-0.2, 0) is 19.1 Å². The molecule has 0 aromatic carbocycles. The lowest BCUT2D eigenvalue weighted by Gasteiger charge is -2.62. The van der Waals surface area contributed by atoms with Crippen molar-refractivity contribution < 1.29 is 44.6 Å². The molecule has 5 rings (SSSR count). The van der Waals surface area contributed by atoms with Crippen molar-refractivity contribution in [2.24, 2.45) is 39.4 Å². The van der Waals surface area contributed by atoms with Gasteiger partial charge in [-0.1, -0.05) is 51.8 Å². The van der Waals surface area contributed by atoms with Crippen molar-refractivity contribution in [3.8, 4) is 0 Å². The average Bonchev–Trinajstić information content (AvgIpc) is 3.24. The molecule has 12 atom stereocenters. The maximum atomic E-state index is 13.3. The molecule has 0 spiro atoms. The number of rotatable bonds is 8. The molecule has 5 N–H and O–H groups in total. The van der Waals surface area contributed by atoms with E-state index in [-0.39, 0.29) is 28.4 Å². The van der Waals surface area contributed by atoms with E-state index in [0.29, 0.717) is 19.3 Å². The van der Waals surface area contributed by atoms with E-state index in [1.54, 1.807) is 0 Å². The lowest BCUT2D eigenvalue weighted by molar-refractivity contribution is -0.312. The second-order valence-electron chi connectivity index (χ2n) is 16.3. The molecule has 254 valence electrons. The Balaban J connectivity index is 1.59. The number of hydrogen-bond donors (Lipinski definition) is 5. The van der Waals surface area contributed by atoms with Gasteiger partial charge in [0.05, 0.1) is 18.6 Å². The minimum atomic E-state index is -1.56. The molecule has 0 aromatic heterocycles. The molecule has 0 bridgehead atoms. The smallest absolute Gasteiger partial charge is 0.306 e. The third-order valence-electron chi connectivity index (χ3n) is 13.5. The Morgan fingerprint density at radius 2 is 1.71 bits per heavy atom. The van der Waals surface area contributed by atoms with Crippen LogP contribution in [0.5, 0.6) is 0 Å². The Kier molecular flexibility index (Phi) is 9.35. The third-order valence-corrected chi connectivity index (χ3v) is 13.5. The Morgan fingerprint density at radius 3 is 2.33 bits per heavy atom. The van der Waals surface area contributed by atoms with E-state index in [1.165, 1.54) is 11.1 Å². The summed E-state index contributed by atoms with van der Waals surface area (Å²) in [4.78, 5) is 26.1. The highest BCUT2D eigenvalue weighted by molar-refractivity contribution is 5.86. The summed E-state index contributed by atoms with van der Waals surface area (Å²) in [5, 5.41) is 52.3. The first-order chi connectivity index (χ1) is 20.9. The minimum absolute atomic E-state index is 0.0255. The van der Waals surface area contributed by atoms with Crippen molar-refractivity contribution >= 4 is 11.8 Å². The molecule has 1 saturated heterocycles.